The first-order valence-electron chi connectivity index (χ1n) is 17.5. The van der Waals surface area contributed by atoms with Gasteiger partial charge in [-0.3, -0.25) is 29.0 Å². The number of aliphatic hydroxyl groups excluding tert-OH is 1. The Labute approximate surface area is 320 Å². The number of ether oxygens (including phenoxy) is 4. The fourth-order valence-electron chi connectivity index (χ4n) is 5.40. The first kappa shape index (κ1) is 41.7. The van der Waals surface area contributed by atoms with Crippen molar-refractivity contribution < 1.29 is 43.2 Å². The van der Waals surface area contributed by atoms with Gasteiger partial charge in [0.15, 0.2) is 0 Å². The van der Waals surface area contributed by atoms with Crippen LogP contribution in [-0.2, 0) is 57.6 Å². The van der Waals surface area contributed by atoms with Crippen LogP contribution in [0.5, 0.6) is 0 Å². The van der Waals surface area contributed by atoms with E-state index in [-0.39, 0.29) is 45.9 Å². The van der Waals surface area contributed by atoms with Gasteiger partial charge in [-0.2, -0.15) is 0 Å². The second-order valence-electron chi connectivity index (χ2n) is 12.3. The van der Waals surface area contributed by atoms with Crippen molar-refractivity contribution in [2.24, 2.45) is 0 Å². The van der Waals surface area contributed by atoms with E-state index in [9.17, 15) is 19.2 Å². The number of rotatable bonds is 18. The van der Waals surface area contributed by atoms with E-state index in [1.807, 2.05) is 60.7 Å². The van der Waals surface area contributed by atoms with Gasteiger partial charge < -0.3 is 24.1 Å². The first-order valence-corrected chi connectivity index (χ1v) is 17.5. The lowest BCUT2D eigenvalue weighted by Gasteiger charge is -2.20. The zero-order valence-electron chi connectivity index (χ0n) is 31.4. The standard InChI is InChI=1S/C41H45N5O9/c1-52-38(48)25-45(26-39(49)53-2)23-32-12-9-14-34(42-32)36-21-31(30-18-16-29(17-19-30)11-7-5-6-8-20-47)22-37(44-36)35-15-10-13-33(43-35)24-46(27-40(50)54-3)28-41(51)55-4/h9-10,12-19,21-22,47H,6,8,11,20,23-28H2,1-4H3. The molecule has 0 fully saturated rings. The van der Waals surface area contributed by atoms with Crippen molar-refractivity contribution in [3.05, 3.63) is 89.7 Å². The topological polar surface area (TPSA) is 171 Å². The highest BCUT2D eigenvalue weighted by Crippen LogP contribution is 2.30. The van der Waals surface area contributed by atoms with Crippen LogP contribution in [0.1, 0.15) is 29.8 Å². The lowest BCUT2D eigenvalue weighted by Crippen LogP contribution is -2.35. The number of methoxy groups -OCH3 is 4. The molecule has 3 aromatic heterocycles. The molecular weight excluding hydrogens is 706 g/mol. The van der Waals surface area contributed by atoms with E-state index < -0.39 is 23.9 Å². The smallest absolute Gasteiger partial charge is 0.319 e. The number of nitrogens with zero attached hydrogens (tertiary/aromatic N) is 5. The van der Waals surface area contributed by atoms with E-state index in [2.05, 4.69) is 11.8 Å². The number of pyridine rings is 3. The van der Waals surface area contributed by atoms with Crippen LogP contribution in [0.3, 0.4) is 0 Å². The summed E-state index contributed by atoms with van der Waals surface area (Å²) in [5.74, 6) is 4.21. The molecule has 0 aliphatic heterocycles. The van der Waals surface area contributed by atoms with E-state index in [1.54, 1.807) is 21.9 Å². The molecular formula is C41H45N5O9. The molecule has 0 amide bonds. The fraction of sp³-hybridized carbons (Fsp3) is 0.341. The zero-order chi connectivity index (χ0) is 39.6. The van der Waals surface area contributed by atoms with Crippen LogP contribution in [0.2, 0.25) is 0 Å². The van der Waals surface area contributed by atoms with Gasteiger partial charge in [0.25, 0.3) is 0 Å². The van der Waals surface area contributed by atoms with Crippen LogP contribution >= 0.6 is 0 Å². The van der Waals surface area contributed by atoms with Crippen molar-refractivity contribution in [2.45, 2.75) is 32.4 Å². The van der Waals surface area contributed by atoms with Crippen LogP contribution in [0.15, 0.2) is 72.8 Å². The summed E-state index contributed by atoms with van der Waals surface area (Å²) in [6, 6.07) is 22.8. The van der Waals surface area contributed by atoms with E-state index in [0.29, 0.717) is 53.4 Å². The van der Waals surface area contributed by atoms with E-state index in [1.165, 1.54) is 28.4 Å². The average Bonchev–Trinajstić information content (AvgIpc) is 3.20. The van der Waals surface area contributed by atoms with Gasteiger partial charge in [-0.1, -0.05) is 42.3 Å². The predicted molar refractivity (Wildman–Crippen MR) is 203 cm³/mol. The summed E-state index contributed by atoms with van der Waals surface area (Å²) in [7, 11) is 5.12. The Balaban J connectivity index is 1.74. The predicted octanol–water partition coefficient (Wildman–Crippen LogP) is 3.49. The quantitative estimate of drug-likeness (QED) is 0.0678. The molecule has 0 aliphatic rings. The molecule has 288 valence electrons. The number of esters is 4. The number of aromatic nitrogens is 3. The Morgan fingerprint density at radius 1 is 0.582 bits per heavy atom. The van der Waals surface area contributed by atoms with Crippen molar-refractivity contribution in [2.75, 3.05) is 61.2 Å². The largest absolute Gasteiger partial charge is 0.468 e. The molecule has 0 saturated carbocycles. The van der Waals surface area contributed by atoms with Crippen LogP contribution in [0.4, 0.5) is 0 Å². The number of aliphatic hydroxyl groups is 1. The first-order chi connectivity index (χ1) is 26.6. The molecule has 0 spiro atoms. The highest BCUT2D eigenvalue weighted by molar-refractivity contribution is 5.77. The molecule has 4 aromatic rings. The van der Waals surface area contributed by atoms with Crippen molar-refractivity contribution in [1.29, 1.82) is 0 Å². The number of benzene rings is 1. The summed E-state index contributed by atoms with van der Waals surface area (Å²) in [5, 5.41) is 9.01. The SMILES string of the molecule is COC(=O)CN(CC(=O)OC)Cc1cccc(-c2cc(-c3ccc(CC#CCCCO)cc3)cc(-c3cccc(CN(CC(=O)OC)CC(=O)OC)n3)n2)n1. The Kier molecular flexibility index (Phi) is 16.4. The van der Waals surface area contributed by atoms with Crippen molar-refractivity contribution in [3.8, 4) is 45.7 Å². The van der Waals surface area contributed by atoms with Gasteiger partial charge in [0, 0.05) is 32.5 Å². The maximum Gasteiger partial charge on any atom is 0.319 e. The highest BCUT2D eigenvalue weighted by Gasteiger charge is 2.19. The molecule has 0 radical (unpaired) electrons. The van der Waals surface area contributed by atoms with Gasteiger partial charge in [0.05, 0.1) is 88.8 Å². The number of carbonyl (C=O) groups excluding carboxylic acids is 4. The van der Waals surface area contributed by atoms with Gasteiger partial charge in [-0.05, 0) is 59.5 Å². The Morgan fingerprint density at radius 2 is 1.04 bits per heavy atom. The normalized spacial score (nSPS) is 10.7. The van der Waals surface area contributed by atoms with E-state index in [0.717, 1.165) is 16.7 Å². The number of hydrogen-bond donors (Lipinski definition) is 1. The van der Waals surface area contributed by atoms with Gasteiger partial charge in [0.1, 0.15) is 0 Å². The monoisotopic (exact) mass is 751 g/mol. The molecule has 1 N–H and O–H groups in total. The molecule has 1 aromatic carbocycles. The molecule has 0 aliphatic carbocycles. The summed E-state index contributed by atoms with van der Waals surface area (Å²) in [6.07, 6.45) is 1.87. The van der Waals surface area contributed by atoms with Gasteiger partial charge in [-0.15, -0.1) is 5.92 Å². The molecule has 3 heterocycles. The zero-order valence-corrected chi connectivity index (χ0v) is 31.4. The molecule has 14 heteroatoms. The lowest BCUT2D eigenvalue weighted by atomic mass is 10.0. The summed E-state index contributed by atoms with van der Waals surface area (Å²) in [4.78, 5) is 66.3. The Hall–Kier alpha value is -6.01. The van der Waals surface area contributed by atoms with Crippen molar-refractivity contribution in [3.63, 3.8) is 0 Å². The van der Waals surface area contributed by atoms with E-state index >= 15 is 0 Å². The lowest BCUT2D eigenvalue weighted by molar-refractivity contribution is -0.147. The van der Waals surface area contributed by atoms with Crippen molar-refractivity contribution >= 4 is 23.9 Å². The molecule has 0 atom stereocenters. The fourth-order valence-corrected chi connectivity index (χ4v) is 5.40. The Bertz CT molecular complexity index is 1850. The van der Waals surface area contributed by atoms with Crippen LogP contribution in [-0.4, -0.2) is 115 Å². The van der Waals surface area contributed by atoms with Crippen LogP contribution in [0, 0.1) is 11.8 Å². The van der Waals surface area contributed by atoms with Gasteiger partial charge >= 0.3 is 23.9 Å². The third kappa shape index (κ3) is 13.4. The molecule has 4 rings (SSSR count). The minimum Gasteiger partial charge on any atom is -0.468 e. The minimum atomic E-state index is -0.507. The second-order valence-corrected chi connectivity index (χ2v) is 12.3. The van der Waals surface area contributed by atoms with Gasteiger partial charge in [0.2, 0.25) is 0 Å². The Morgan fingerprint density at radius 3 is 1.45 bits per heavy atom. The summed E-state index contributed by atoms with van der Waals surface area (Å²) < 4.78 is 19.3. The summed E-state index contributed by atoms with van der Waals surface area (Å²) in [5.41, 5.74) is 6.16. The summed E-state index contributed by atoms with van der Waals surface area (Å²) >= 11 is 0. The highest BCUT2D eigenvalue weighted by atomic mass is 16.5. The van der Waals surface area contributed by atoms with Crippen LogP contribution < -0.4 is 0 Å². The molecule has 55 heavy (non-hydrogen) atoms. The van der Waals surface area contributed by atoms with Crippen molar-refractivity contribution in [1.82, 2.24) is 24.8 Å². The maximum atomic E-state index is 12.1. The van der Waals surface area contributed by atoms with E-state index in [4.69, 9.17) is 39.0 Å². The molecule has 0 bridgehead atoms. The average molecular weight is 752 g/mol. The summed E-state index contributed by atoms with van der Waals surface area (Å²) in [6.45, 7) is -0.128. The number of hydrogen-bond acceptors (Lipinski definition) is 14. The second kappa shape index (κ2) is 21.6. The third-order valence-corrected chi connectivity index (χ3v) is 8.22. The minimum absolute atomic E-state index is 0.116. The third-order valence-electron chi connectivity index (χ3n) is 8.22. The molecule has 0 unspecified atom stereocenters. The molecule has 0 saturated heterocycles. The number of unbranched alkanes of at least 4 members (excludes halogenated alkanes) is 1. The maximum absolute atomic E-state index is 12.1. The van der Waals surface area contributed by atoms with Crippen LogP contribution in [0.25, 0.3) is 33.9 Å². The van der Waals surface area contributed by atoms with Gasteiger partial charge in [-0.25, -0.2) is 15.0 Å². The number of carbonyl (C=O) groups is 4. The molecule has 14 nitrogen and oxygen atoms in total.